The van der Waals surface area contributed by atoms with Gasteiger partial charge in [0.2, 0.25) is 10.0 Å². The monoisotopic (exact) mass is 361 g/mol. The molecule has 0 aromatic heterocycles. The van der Waals surface area contributed by atoms with E-state index in [4.69, 9.17) is 0 Å². The second-order valence-corrected chi connectivity index (χ2v) is 8.70. The fourth-order valence-corrected chi connectivity index (χ4v) is 3.72. The minimum atomic E-state index is -3.08. The summed E-state index contributed by atoms with van der Waals surface area (Å²) in [5, 5.41) is 6.76. The number of guanidine groups is 1. The molecule has 0 unspecified atom stereocenters. The van der Waals surface area contributed by atoms with Gasteiger partial charge in [-0.2, -0.15) is 0 Å². The highest BCUT2D eigenvalue weighted by Crippen LogP contribution is 2.10. The van der Waals surface area contributed by atoms with Gasteiger partial charge < -0.3 is 15.5 Å². The van der Waals surface area contributed by atoms with E-state index in [1.807, 2.05) is 0 Å². The summed E-state index contributed by atoms with van der Waals surface area (Å²) in [5.41, 5.74) is 0. The first-order valence-corrected chi connectivity index (χ1v) is 10.7. The molecular formula is C16H35N5O2S. The van der Waals surface area contributed by atoms with Gasteiger partial charge in [-0.15, -0.1) is 0 Å². The summed E-state index contributed by atoms with van der Waals surface area (Å²) in [6.07, 6.45) is 4.24. The number of nitrogens with zero attached hydrogens (tertiary/aromatic N) is 3. The van der Waals surface area contributed by atoms with Crippen molar-refractivity contribution in [1.29, 1.82) is 0 Å². The fourth-order valence-electron chi connectivity index (χ4n) is 2.87. The molecule has 0 aromatic rings. The van der Waals surface area contributed by atoms with E-state index < -0.39 is 10.0 Å². The topological polar surface area (TPSA) is 77.0 Å². The van der Waals surface area contributed by atoms with Crippen molar-refractivity contribution in [1.82, 2.24) is 19.8 Å². The molecule has 0 bridgehead atoms. The van der Waals surface area contributed by atoms with Gasteiger partial charge in [-0.05, 0) is 39.2 Å². The summed E-state index contributed by atoms with van der Waals surface area (Å²) >= 11 is 0. The Morgan fingerprint density at radius 3 is 2.50 bits per heavy atom. The van der Waals surface area contributed by atoms with E-state index in [9.17, 15) is 8.42 Å². The average Bonchev–Trinajstić information content (AvgIpc) is 2.59. The lowest BCUT2D eigenvalue weighted by molar-refractivity contribution is 0.206. The minimum Gasteiger partial charge on any atom is -0.356 e. The first-order chi connectivity index (χ1) is 11.4. The quantitative estimate of drug-likeness (QED) is 0.359. The maximum atomic E-state index is 11.7. The maximum Gasteiger partial charge on any atom is 0.213 e. The standard InChI is InChI=1S/C16H35N5O2S/c1-5-11-21-13-8-15(9-14-21)19-16(17-3)18-10-7-12-20(4)24(22,23)6-2/h15H,5-14H2,1-4H3,(H2,17,18,19). The first kappa shape index (κ1) is 21.2. The highest BCUT2D eigenvalue weighted by Gasteiger charge is 2.19. The van der Waals surface area contributed by atoms with Gasteiger partial charge in [0.25, 0.3) is 0 Å². The van der Waals surface area contributed by atoms with Gasteiger partial charge in [0, 0.05) is 46.3 Å². The average molecular weight is 362 g/mol. The predicted molar refractivity (Wildman–Crippen MR) is 101 cm³/mol. The Labute approximate surface area is 147 Å². The SMILES string of the molecule is CCCN1CCC(NC(=NC)NCCCN(C)S(=O)(=O)CC)CC1. The molecule has 1 saturated heterocycles. The van der Waals surface area contributed by atoms with Crippen molar-refractivity contribution in [3.63, 3.8) is 0 Å². The van der Waals surface area contributed by atoms with Crippen molar-refractivity contribution < 1.29 is 8.42 Å². The molecule has 7 nitrogen and oxygen atoms in total. The molecule has 1 heterocycles. The fraction of sp³-hybridized carbons (Fsp3) is 0.938. The van der Waals surface area contributed by atoms with Crippen molar-refractivity contribution in [2.75, 3.05) is 52.6 Å². The zero-order chi connectivity index (χ0) is 18.0. The minimum absolute atomic E-state index is 0.150. The van der Waals surface area contributed by atoms with E-state index in [-0.39, 0.29) is 5.75 Å². The van der Waals surface area contributed by atoms with Gasteiger partial charge in [-0.3, -0.25) is 4.99 Å². The Bertz CT molecular complexity index is 473. The number of sulfonamides is 1. The normalized spacial score (nSPS) is 18.1. The van der Waals surface area contributed by atoms with E-state index in [0.717, 1.165) is 38.3 Å². The Morgan fingerprint density at radius 2 is 1.96 bits per heavy atom. The Kier molecular flexibility index (Phi) is 9.61. The number of piperidine rings is 1. The van der Waals surface area contributed by atoms with Crippen LogP contribution in [0, 0.1) is 0 Å². The smallest absolute Gasteiger partial charge is 0.213 e. The summed E-state index contributed by atoms with van der Waals surface area (Å²) < 4.78 is 24.8. The van der Waals surface area contributed by atoms with Crippen LogP contribution in [0.1, 0.15) is 39.5 Å². The molecule has 1 aliphatic rings. The number of hydrogen-bond acceptors (Lipinski definition) is 4. The Balaban J connectivity index is 2.24. The number of nitrogens with one attached hydrogen (secondary N) is 2. The van der Waals surface area contributed by atoms with Crippen LogP contribution < -0.4 is 10.6 Å². The van der Waals surface area contributed by atoms with E-state index in [1.54, 1.807) is 21.0 Å². The number of hydrogen-bond donors (Lipinski definition) is 2. The lowest BCUT2D eigenvalue weighted by Crippen LogP contribution is -2.49. The molecule has 2 N–H and O–H groups in total. The Morgan fingerprint density at radius 1 is 1.29 bits per heavy atom. The highest BCUT2D eigenvalue weighted by molar-refractivity contribution is 7.89. The van der Waals surface area contributed by atoms with Crippen LogP contribution in [0.4, 0.5) is 0 Å². The summed E-state index contributed by atoms with van der Waals surface area (Å²) in [5.74, 6) is 0.960. The van der Waals surface area contributed by atoms with Crippen LogP contribution in [-0.2, 0) is 10.0 Å². The largest absolute Gasteiger partial charge is 0.356 e. The molecule has 0 atom stereocenters. The van der Waals surface area contributed by atoms with E-state index in [1.165, 1.54) is 17.3 Å². The first-order valence-electron chi connectivity index (χ1n) is 9.06. The van der Waals surface area contributed by atoms with Gasteiger partial charge in [0.05, 0.1) is 5.75 Å². The molecule has 0 radical (unpaired) electrons. The zero-order valence-electron chi connectivity index (χ0n) is 15.7. The molecule has 1 aliphatic heterocycles. The van der Waals surface area contributed by atoms with Crippen LogP contribution >= 0.6 is 0 Å². The van der Waals surface area contributed by atoms with Crippen molar-refractivity contribution in [2.24, 2.45) is 4.99 Å². The third-order valence-electron chi connectivity index (χ3n) is 4.47. The van der Waals surface area contributed by atoms with Crippen LogP contribution in [0.5, 0.6) is 0 Å². The summed E-state index contributed by atoms with van der Waals surface area (Å²) in [7, 11) is 0.326. The van der Waals surface area contributed by atoms with E-state index in [0.29, 0.717) is 19.1 Å². The predicted octanol–water partition coefficient (Wildman–Crippen LogP) is 0.697. The van der Waals surface area contributed by atoms with Crippen LogP contribution in [0.25, 0.3) is 0 Å². The third kappa shape index (κ3) is 7.36. The number of rotatable bonds is 9. The van der Waals surface area contributed by atoms with Gasteiger partial charge in [-0.25, -0.2) is 12.7 Å². The molecule has 0 amide bonds. The molecule has 1 rings (SSSR count). The van der Waals surface area contributed by atoms with Crippen LogP contribution in [0.15, 0.2) is 4.99 Å². The van der Waals surface area contributed by atoms with Crippen molar-refractivity contribution >= 4 is 16.0 Å². The molecule has 1 fully saturated rings. The lowest BCUT2D eigenvalue weighted by Gasteiger charge is -2.32. The van der Waals surface area contributed by atoms with Crippen molar-refractivity contribution in [3.8, 4) is 0 Å². The molecule has 0 saturated carbocycles. The number of aliphatic imine (C=N–C) groups is 1. The maximum absolute atomic E-state index is 11.7. The van der Waals surface area contributed by atoms with Gasteiger partial charge in [0.15, 0.2) is 5.96 Å². The van der Waals surface area contributed by atoms with Gasteiger partial charge in [0.1, 0.15) is 0 Å². The van der Waals surface area contributed by atoms with E-state index in [2.05, 4.69) is 27.4 Å². The second-order valence-electron chi connectivity index (χ2n) is 6.33. The van der Waals surface area contributed by atoms with Gasteiger partial charge in [-0.1, -0.05) is 6.92 Å². The lowest BCUT2D eigenvalue weighted by atomic mass is 10.1. The van der Waals surface area contributed by atoms with Crippen LogP contribution in [0.2, 0.25) is 0 Å². The molecule has 0 aliphatic carbocycles. The van der Waals surface area contributed by atoms with Gasteiger partial charge >= 0.3 is 0 Å². The molecule has 24 heavy (non-hydrogen) atoms. The molecule has 0 aromatic carbocycles. The van der Waals surface area contributed by atoms with Crippen LogP contribution in [0.3, 0.4) is 0 Å². The molecule has 0 spiro atoms. The van der Waals surface area contributed by atoms with Crippen molar-refractivity contribution in [3.05, 3.63) is 0 Å². The zero-order valence-corrected chi connectivity index (χ0v) is 16.5. The molecule has 142 valence electrons. The second kappa shape index (κ2) is 10.9. The van der Waals surface area contributed by atoms with Crippen molar-refractivity contribution in [2.45, 2.75) is 45.6 Å². The number of likely N-dealkylation sites (tertiary alicyclic amines) is 1. The summed E-state index contributed by atoms with van der Waals surface area (Å²) in [6, 6.07) is 0.465. The summed E-state index contributed by atoms with van der Waals surface area (Å²) in [6.45, 7) is 8.59. The third-order valence-corrected chi connectivity index (χ3v) is 6.34. The summed E-state index contributed by atoms with van der Waals surface area (Å²) in [4.78, 5) is 6.78. The molecule has 8 heteroatoms. The highest BCUT2D eigenvalue weighted by atomic mass is 32.2. The Hall–Kier alpha value is -0.860. The van der Waals surface area contributed by atoms with E-state index >= 15 is 0 Å². The molecular weight excluding hydrogens is 326 g/mol. The van der Waals surface area contributed by atoms with Crippen LogP contribution in [-0.4, -0.2) is 82.2 Å².